The Morgan fingerprint density at radius 1 is 1.38 bits per heavy atom. The Morgan fingerprint density at radius 2 is 2.00 bits per heavy atom. The Labute approximate surface area is 98.9 Å². The minimum Gasteiger partial charge on any atom is -0.507 e. The minimum absolute atomic E-state index is 0.0677. The quantitative estimate of drug-likeness (QED) is 0.853. The first-order valence-corrected chi connectivity index (χ1v) is 5.34. The molecule has 0 unspecified atom stereocenters. The highest BCUT2D eigenvalue weighted by molar-refractivity contribution is 6.33. The zero-order valence-corrected chi connectivity index (χ0v) is 9.97. The molecule has 0 bridgehead atoms. The number of phenolic OH excluding ortho intramolecular Hbond substituents is 1. The summed E-state index contributed by atoms with van der Waals surface area (Å²) in [7, 11) is 2.98. The van der Waals surface area contributed by atoms with Crippen molar-refractivity contribution in [2.24, 2.45) is 5.73 Å². The molecule has 1 saturated carbocycles. The van der Waals surface area contributed by atoms with Crippen LogP contribution >= 0.6 is 11.6 Å². The van der Waals surface area contributed by atoms with Gasteiger partial charge in [0.2, 0.25) is 0 Å². The van der Waals surface area contributed by atoms with E-state index in [2.05, 4.69) is 0 Å². The first-order valence-electron chi connectivity index (χ1n) is 4.96. The molecule has 0 aromatic heterocycles. The van der Waals surface area contributed by atoms with E-state index in [1.54, 1.807) is 0 Å². The molecule has 0 atom stereocenters. The molecular weight excluding hydrogens is 230 g/mol. The number of halogens is 1. The van der Waals surface area contributed by atoms with Crippen molar-refractivity contribution in [1.82, 2.24) is 0 Å². The van der Waals surface area contributed by atoms with E-state index in [0.717, 1.165) is 12.8 Å². The third-order valence-corrected chi connectivity index (χ3v) is 3.24. The first kappa shape index (κ1) is 11.4. The summed E-state index contributed by atoms with van der Waals surface area (Å²) in [6, 6.07) is 1.47. The van der Waals surface area contributed by atoms with E-state index in [0.29, 0.717) is 22.1 Å². The van der Waals surface area contributed by atoms with Crippen molar-refractivity contribution in [3.05, 3.63) is 16.7 Å². The molecule has 5 heteroatoms. The van der Waals surface area contributed by atoms with E-state index < -0.39 is 5.54 Å². The molecule has 16 heavy (non-hydrogen) atoms. The molecule has 0 amide bonds. The van der Waals surface area contributed by atoms with Gasteiger partial charge in [0.25, 0.3) is 0 Å². The van der Waals surface area contributed by atoms with Crippen LogP contribution in [0.25, 0.3) is 0 Å². The second-order valence-electron chi connectivity index (χ2n) is 3.98. The smallest absolute Gasteiger partial charge is 0.150 e. The summed E-state index contributed by atoms with van der Waals surface area (Å²) in [5.74, 6) is 0.848. The second kappa shape index (κ2) is 3.71. The van der Waals surface area contributed by atoms with Crippen LogP contribution in [0, 0.1) is 0 Å². The number of hydrogen-bond acceptors (Lipinski definition) is 4. The summed E-state index contributed by atoms with van der Waals surface area (Å²) in [6.45, 7) is 0. The maximum absolute atomic E-state index is 9.94. The van der Waals surface area contributed by atoms with Gasteiger partial charge in [-0.15, -0.1) is 0 Å². The highest BCUT2D eigenvalue weighted by Gasteiger charge is 2.45. The highest BCUT2D eigenvalue weighted by atomic mass is 35.5. The molecule has 1 aromatic carbocycles. The number of rotatable bonds is 3. The summed E-state index contributed by atoms with van der Waals surface area (Å²) < 4.78 is 10.3. The van der Waals surface area contributed by atoms with Crippen LogP contribution in [-0.2, 0) is 5.54 Å². The lowest BCUT2D eigenvalue weighted by atomic mass is 10.0. The van der Waals surface area contributed by atoms with Gasteiger partial charge in [-0.3, -0.25) is 0 Å². The van der Waals surface area contributed by atoms with Gasteiger partial charge in [-0.05, 0) is 12.8 Å². The van der Waals surface area contributed by atoms with Crippen LogP contribution in [0.5, 0.6) is 17.2 Å². The molecule has 2 rings (SSSR count). The van der Waals surface area contributed by atoms with Crippen molar-refractivity contribution in [2.45, 2.75) is 18.4 Å². The second-order valence-corrected chi connectivity index (χ2v) is 4.35. The van der Waals surface area contributed by atoms with Gasteiger partial charge in [0, 0.05) is 11.6 Å². The standard InChI is InChI=1S/C11H14ClNO3/c1-15-7-5-6(14)8(11(13)3-4-11)10(16-2)9(7)12/h5,14H,3-4,13H2,1-2H3. The Balaban J connectivity index is 2.64. The van der Waals surface area contributed by atoms with E-state index in [1.165, 1.54) is 20.3 Å². The van der Waals surface area contributed by atoms with Crippen LogP contribution in [0.15, 0.2) is 6.07 Å². The van der Waals surface area contributed by atoms with E-state index in [9.17, 15) is 5.11 Å². The first-order chi connectivity index (χ1) is 7.53. The van der Waals surface area contributed by atoms with Gasteiger partial charge in [0.1, 0.15) is 22.3 Å². The monoisotopic (exact) mass is 243 g/mol. The fraction of sp³-hybridized carbons (Fsp3) is 0.455. The fourth-order valence-electron chi connectivity index (χ4n) is 1.80. The molecule has 1 aliphatic rings. The molecule has 4 nitrogen and oxygen atoms in total. The number of benzene rings is 1. The Bertz CT molecular complexity index is 430. The van der Waals surface area contributed by atoms with Crippen molar-refractivity contribution in [3.63, 3.8) is 0 Å². The zero-order valence-electron chi connectivity index (χ0n) is 9.21. The molecule has 3 N–H and O–H groups in total. The van der Waals surface area contributed by atoms with Crippen LogP contribution in [-0.4, -0.2) is 19.3 Å². The van der Waals surface area contributed by atoms with E-state index in [4.69, 9.17) is 26.8 Å². The lowest BCUT2D eigenvalue weighted by Crippen LogP contribution is -2.20. The zero-order chi connectivity index (χ0) is 11.9. The Kier molecular flexibility index (Phi) is 2.64. The average molecular weight is 244 g/mol. The van der Waals surface area contributed by atoms with E-state index in [-0.39, 0.29) is 5.75 Å². The van der Waals surface area contributed by atoms with Gasteiger partial charge in [-0.25, -0.2) is 0 Å². The lowest BCUT2D eigenvalue weighted by Gasteiger charge is -2.18. The molecular formula is C11H14ClNO3. The molecule has 1 aliphatic carbocycles. The van der Waals surface area contributed by atoms with Gasteiger partial charge in [0.05, 0.1) is 19.8 Å². The third-order valence-electron chi connectivity index (χ3n) is 2.88. The predicted octanol–water partition coefficient (Wildman–Crippen LogP) is 2.01. The lowest BCUT2D eigenvalue weighted by molar-refractivity contribution is 0.374. The van der Waals surface area contributed by atoms with Crippen molar-refractivity contribution in [2.75, 3.05) is 14.2 Å². The minimum atomic E-state index is -0.509. The molecule has 0 aliphatic heterocycles. The van der Waals surface area contributed by atoms with Crippen LogP contribution in [0.1, 0.15) is 18.4 Å². The Hall–Kier alpha value is -1.13. The molecule has 0 spiro atoms. The van der Waals surface area contributed by atoms with Gasteiger partial charge < -0.3 is 20.3 Å². The van der Waals surface area contributed by atoms with Crippen molar-refractivity contribution >= 4 is 11.6 Å². The number of methoxy groups -OCH3 is 2. The summed E-state index contributed by atoms with van der Waals surface area (Å²) in [5, 5.41) is 10.3. The summed E-state index contributed by atoms with van der Waals surface area (Å²) in [6.07, 6.45) is 1.64. The topological polar surface area (TPSA) is 64.7 Å². The molecule has 88 valence electrons. The SMILES string of the molecule is COc1cc(O)c(C2(N)CC2)c(OC)c1Cl. The number of ether oxygens (including phenoxy) is 2. The van der Waals surface area contributed by atoms with E-state index in [1.807, 2.05) is 0 Å². The maximum atomic E-state index is 9.94. The fourth-order valence-corrected chi connectivity index (χ4v) is 2.11. The summed E-state index contributed by atoms with van der Waals surface area (Å²) in [5.41, 5.74) is 6.13. The normalized spacial score (nSPS) is 17.0. The van der Waals surface area contributed by atoms with Gasteiger partial charge in [-0.2, -0.15) is 0 Å². The van der Waals surface area contributed by atoms with E-state index >= 15 is 0 Å². The number of phenols is 1. The van der Waals surface area contributed by atoms with Gasteiger partial charge in [-0.1, -0.05) is 11.6 Å². The number of hydrogen-bond donors (Lipinski definition) is 2. The molecule has 1 fully saturated rings. The average Bonchev–Trinajstić information content (AvgIpc) is 2.99. The Morgan fingerprint density at radius 3 is 2.44 bits per heavy atom. The van der Waals surface area contributed by atoms with Crippen molar-refractivity contribution in [1.29, 1.82) is 0 Å². The van der Waals surface area contributed by atoms with Gasteiger partial charge in [0.15, 0.2) is 0 Å². The molecule has 1 aromatic rings. The molecule has 0 saturated heterocycles. The van der Waals surface area contributed by atoms with Crippen molar-refractivity contribution in [3.8, 4) is 17.2 Å². The molecule has 0 radical (unpaired) electrons. The van der Waals surface area contributed by atoms with Gasteiger partial charge >= 0.3 is 0 Å². The maximum Gasteiger partial charge on any atom is 0.150 e. The third kappa shape index (κ3) is 1.58. The number of aromatic hydroxyl groups is 1. The summed E-state index contributed by atoms with van der Waals surface area (Å²) >= 11 is 6.10. The van der Waals surface area contributed by atoms with Crippen LogP contribution in [0.3, 0.4) is 0 Å². The number of nitrogens with two attached hydrogens (primary N) is 1. The predicted molar refractivity (Wildman–Crippen MR) is 61.3 cm³/mol. The van der Waals surface area contributed by atoms with Crippen LogP contribution in [0.4, 0.5) is 0 Å². The van der Waals surface area contributed by atoms with Crippen LogP contribution < -0.4 is 15.2 Å². The largest absolute Gasteiger partial charge is 0.507 e. The van der Waals surface area contributed by atoms with Crippen LogP contribution in [0.2, 0.25) is 5.02 Å². The van der Waals surface area contributed by atoms with Crippen molar-refractivity contribution < 1.29 is 14.6 Å². The highest BCUT2D eigenvalue weighted by Crippen LogP contribution is 2.54. The summed E-state index contributed by atoms with van der Waals surface area (Å²) in [4.78, 5) is 0. The molecule has 0 heterocycles.